The molecule has 0 fully saturated rings. The van der Waals surface area contributed by atoms with Gasteiger partial charge >= 0.3 is 0 Å². The van der Waals surface area contributed by atoms with Gasteiger partial charge in [0.2, 0.25) is 5.12 Å². The van der Waals surface area contributed by atoms with Crippen LogP contribution in [0, 0.1) is 0 Å². The van der Waals surface area contributed by atoms with Crippen LogP contribution in [0.3, 0.4) is 0 Å². The van der Waals surface area contributed by atoms with E-state index >= 15 is 0 Å². The van der Waals surface area contributed by atoms with Crippen molar-refractivity contribution in [2.24, 2.45) is 0 Å². The van der Waals surface area contributed by atoms with Gasteiger partial charge in [-0.25, -0.2) is 0 Å². The molecule has 0 bridgehead atoms. The topological polar surface area (TPSA) is 34.1 Å². The number of carbonyl (C=O) groups is 2. The summed E-state index contributed by atoms with van der Waals surface area (Å²) in [6.45, 7) is 0. The lowest BCUT2D eigenvalue weighted by molar-refractivity contribution is 0.102. The molecule has 0 atom stereocenters. The molecular formula is C20H12Cl2O2S. The van der Waals surface area contributed by atoms with E-state index in [0.29, 0.717) is 26.7 Å². The molecule has 0 N–H and O–H groups in total. The average Bonchev–Trinajstić information content (AvgIpc) is 2.63. The van der Waals surface area contributed by atoms with Crippen molar-refractivity contribution >= 4 is 45.9 Å². The molecule has 3 aromatic rings. The number of hydrogen-bond acceptors (Lipinski definition) is 3. The van der Waals surface area contributed by atoms with Gasteiger partial charge in [-0.15, -0.1) is 0 Å². The van der Waals surface area contributed by atoms with Crippen LogP contribution < -0.4 is 0 Å². The minimum atomic E-state index is -0.211. The Kier molecular flexibility index (Phi) is 5.59. The van der Waals surface area contributed by atoms with Gasteiger partial charge in [0.25, 0.3) is 0 Å². The van der Waals surface area contributed by atoms with Gasteiger partial charge in [0, 0.05) is 31.6 Å². The van der Waals surface area contributed by atoms with Crippen LogP contribution in [0.15, 0.2) is 77.7 Å². The number of hydrogen-bond donors (Lipinski definition) is 0. The largest absolute Gasteiger partial charge is 0.289 e. The molecule has 2 nitrogen and oxygen atoms in total. The molecule has 3 rings (SSSR count). The summed E-state index contributed by atoms with van der Waals surface area (Å²) >= 11 is 12.8. The second-order valence-electron chi connectivity index (χ2n) is 5.23. The highest BCUT2D eigenvalue weighted by Gasteiger charge is 2.18. The number of rotatable bonds is 4. The first-order valence-electron chi connectivity index (χ1n) is 7.41. The molecule has 5 heteroatoms. The maximum absolute atomic E-state index is 12.8. The monoisotopic (exact) mass is 386 g/mol. The summed E-state index contributed by atoms with van der Waals surface area (Å²) in [7, 11) is 0. The zero-order valence-electron chi connectivity index (χ0n) is 12.9. The Morgan fingerprint density at radius 2 is 1.20 bits per heavy atom. The van der Waals surface area contributed by atoms with Gasteiger partial charge in [0.05, 0.1) is 0 Å². The van der Waals surface area contributed by atoms with Crippen LogP contribution in [0.5, 0.6) is 0 Å². The van der Waals surface area contributed by atoms with Crippen LogP contribution in [0.1, 0.15) is 26.3 Å². The van der Waals surface area contributed by atoms with E-state index in [1.54, 1.807) is 72.8 Å². The number of ketones is 1. The molecule has 3 aromatic carbocycles. The highest BCUT2D eigenvalue weighted by Crippen LogP contribution is 2.27. The standard InChI is InChI=1S/C20H12Cl2O2S/c21-14-7-5-13(6-8-14)19(23)17-3-1-2-4-18(17)20(24)25-16-11-9-15(22)10-12-16/h1-12H. The highest BCUT2D eigenvalue weighted by atomic mass is 35.5. The van der Waals surface area contributed by atoms with E-state index in [9.17, 15) is 9.59 Å². The minimum Gasteiger partial charge on any atom is -0.289 e. The van der Waals surface area contributed by atoms with Gasteiger partial charge in [0.15, 0.2) is 5.78 Å². The maximum atomic E-state index is 12.8. The molecule has 0 heterocycles. The van der Waals surface area contributed by atoms with Gasteiger partial charge in [-0.05, 0) is 66.4 Å². The lowest BCUT2D eigenvalue weighted by Gasteiger charge is -2.08. The first-order valence-corrected chi connectivity index (χ1v) is 8.99. The van der Waals surface area contributed by atoms with E-state index in [-0.39, 0.29) is 10.9 Å². The third-order valence-corrected chi connectivity index (χ3v) is 4.94. The molecule has 0 aliphatic rings. The van der Waals surface area contributed by atoms with Crippen LogP contribution in [0.25, 0.3) is 0 Å². The van der Waals surface area contributed by atoms with Crippen molar-refractivity contribution in [1.82, 2.24) is 0 Å². The van der Waals surface area contributed by atoms with Crippen LogP contribution >= 0.6 is 35.0 Å². The first kappa shape index (κ1) is 17.7. The SMILES string of the molecule is O=C(Sc1ccc(Cl)cc1)c1ccccc1C(=O)c1ccc(Cl)cc1. The van der Waals surface area contributed by atoms with Crippen LogP contribution in [0.2, 0.25) is 10.0 Å². The zero-order valence-corrected chi connectivity index (χ0v) is 15.2. The van der Waals surface area contributed by atoms with Crippen molar-refractivity contribution in [3.8, 4) is 0 Å². The molecule has 0 spiro atoms. The van der Waals surface area contributed by atoms with Crippen molar-refractivity contribution in [2.75, 3.05) is 0 Å². The average molecular weight is 387 g/mol. The fourth-order valence-corrected chi connectivity index (χ4v) is 3.31. The summed E-state index contributed by atoms with van der Waals surface area (Å²) in [4.78, 5) is 26.2. The molecule has 0 amide bonds. The number of benzene rings is 3. The van der Waals surface area contributed by atoms with E-state index in [1.807, 2.05) is 0 Å². The third kappa shape index (κ3) is 4.31. The second kappa shape index (κ2) is 7.87. The second-order valence-corrected chi connectivity index (χ2v) is 7.14. The molecule has 25 heavy (non-hydrogen) atoms. The van der Waals surface area contributed by atoms with Crippen molar-refractivity contribution in [2.45, 2.75) is 4.90 Å². The molecule has 0 aromatic heterocycles. The lowest BCUT2D eigenvalue weighted by atomic mass is 9.99. The molecule has 0 unspecified atom stereocenters. The van der Waals surface area contributed by atoms with Crippen LogP contribution in [-0.4, -0.2) is 10.9 Å². The number of thioether (sulfide) groups is 1. The fraction of sp³-hybridized carbons (Fsp3) is 0. The Morgan fingerprint density at radius 1 is 0.680 bits per heavy atom. The zero-order chi connectivity index (χ0) is 17.8. The Bertz CT molecular complexity index is 919. The summed E-state index contributed by atoms with van der Waals surface area (Å²) in [6.07, 6.45) is 0. The summed E-state index contributed by atoms with van der Waals surface area (Å²) in [5, 5.41) is 0.967. The van der Waals surface area contributed by atoms with Crippen LogP contribution in [0.4, 0.5) is 0 Å². The Balaban J connectivity index is 1.89. The Morgan fingerprint density at radius 3 is 1.80 bits per heavy atom. The third-order valence-electron chi connectivity index (χ3n) is 3.52. The van der Waals surface area contributed by atoms with E-state index in [1.165, 1.54) is 0 Å². The summed E-state index contributed by atoms with van der Waals surface area (Å²) < 4.78 is 0. The Hall–Kier alpha value is -2.07. The van der Waals surface area contributed by atoms with Crippen molar-refractivity contribution in [3.05, 3.63) is 99.5 Å². The predicted octanol–water partition coefficient (Wildman–Crippen LogP) is 6.16. The molecule has 0 saturated heterocycles. The maximum Gasteiger partial charge on any atom is 0.224 e. The van der Waals surface area contributed by atoms with Gasteiger partial charge < -0.3 is 0 Å². The fourth-order valence-electron chi connectivity index (χ4n) is 2.28. The first-order chi connectivity index (χ1) is 12.0. The van der Waals surface area contributed by atoms with Crippen molar-refractivity contribution in [1.29, 1.82) is 0 Å². The molecule has 0 saturated carbocycles. The van der Waals surface area contributed by atoms with E-state index in [4.69, 9.17) is 23.2 Å². The molecule has 0 aliphatic heterocycles. The quantitative estimate of drug-likeness (QED) is 0.397. The van der Waals surface area contributed by atoms with E-state index in [0.717, 1.165) is 16.7 Å². The van der Waals surface area contributed by atoms with Gasteiger partial charge in [-0.3, -0.25) is 9.59 Å². The Labute approximate surface area is 159 Å². The number of carbonyl (C=O) groups excluding carboxylic acids is 2. The number of halogens is 2. The smallest absolute Gasteiger partial charge is 0.224 e. The van der Waals surface area contributed by atoms with Gasteiger partial charge in [-0.2, -0.15) is 0 Å². The normalized spacial score (nSPS) is 10.5. The summed E-state index contributed by atoms with van der Waals surface area (Å²) in [5.41, 5.74) is 1.24. The predicted molar refractivity (Wildman–Crippen MR) is 103 cm³/mol. The minimum absolute atomic E-state index is 0.194. The summed E-state index contributed by atoms with van der Waals surface area (Å²) in [5.74, 6) is -0.211. The van der Waals surface area contributed by atoms with Crippen LogP contribution in [-0.2, 0) is 0 Å². The van der Waals surface area contributed by atoms with E-state index in [2.05, 4.69) is 0 Å². The van der Waals surface area contributed by atoms with Crippen molar-refractivity contribution < 1.29 is 9.59 Å². The van der Waals surface area contributed by atoms with E-state index < -0.39 is 0 Å². The van der Waals surface area contributed by atoms with Gasteiger partial charge in [-0.1, -0.05) is 41.4 Å². The molecule has 0 aliphatic carbocycles. The molecular weight excluding hydrogens is 375 g/mol. The summed E-state index contributed by atoms with van der Waals surface area (Å²) in [6, 6.07) is 20.4. The van der Waals surface area contributed by atoms with Crippen molar-refractivity contribution in [3.63, 3.8) is 0 Å². The molecule has 0 radical (unpaired) electrons. The lowest BCUT2D eigenvalue weighted by Crippen LogP contribution is -2.08. The molecule has 124 valence electrons. The highest BCUT2D eigenvalue weighted by molar-refractivity contribution is 8.14. The van der Waals surface area contributed by atoms with Gasteiger partial charge in [0.1, 0.15) is 0 Å².